The number of likely N-dealkylation sites (tertiary alicyclic amines) is 1. The van der Waals surface area contributed by atoms with Gasteiger partial charge in [-0.1, -0.05) is 58.2 Å². The van der Waals surface area contributed by atoms with E-state index in [9.17, 15) is 14.7 Å². The summed E-state index contributed by atoms with van der Waals surface area (Å²) in [6, 6.07) is 13.3. The second-order valence-electron chi connectivity index (χ2n) is 11.0. The molecule has 8 heteroatoms. The summed E-state index contributed by atoms with van der Waals surface area (Å²) in [6.45, 7) is 8.30. The number of nitrogens with zero attached hydrogens (tertiary/aromatic N) is 2. The Morgan fingerprint density at radius 2 is 1.92 bits per heavy atom. The van der Waals surface area contributed by atoms with Crippen molar-refractivity contribution in [1.82, 2.24) is 4.90 Å². The Balaban J connectivity index is 1.64. The molecule has 0 aliphatic carbocycles. The van der Waals surface area contributed by atoms with Crippen molar-refractivity contribution in [3.05, 3.63) is 53.6 Å². The summed E-state index contributed by atoms with van der Waals surface area (Å²) in [6.07, 6.45) is 4.64. The molecule has 8 nitrogen and oxygen atoms in total. The van der Waals surface area contributed by atoms with Crippen molar-refractivity contribution in [3.8, 4) is 11.5 Å². The number of aliphatic carboxylic acids is 1. The summed E-state index contributed by atoms with van der Waals surface area (Å²) in [7, 11) is 0. The first-order valence-electron chi connectivity index (χ1n) is 14.3. The molecule has 1 fully saturated rings. The predicted molar refractivity (Wildman–Crippen MR) is 152 cm³/mol. The number of hydrogen-bond acceptors (Lipinski definition) is 6. The van der Waals surface area contributed by atoms with Crippen LogP contribution in [0, 0.1) is 11.8 Å². The predicted octanol–water partition coefficient (Wildman–Crippen LogP) is 5.00. The van der Waals surface area contributed by atoms with Gasteiger partial charge in [0.05, 0.1) is 12.5 Å². The maximum atomic E-state index is 13.9. The number of carbonyl (C=O) groups excluding carboxylic acids is 1. The van der Waals surface area contributed by atoms with Crippen LogP contribution < -0.4 is 20.1 Å². The van der Waals surface area contributed by atoms with Gasteiger partial charge in [-0.05, 0) is 54.2 Å². The van der Waals surface area contributed by atoms with Gasteiger partial charge >= 0.3 is 5.97 Å². The van der Waals surface area contributed by atoms with E-state index in [4.69, 9.17) is 15.2 Å². The second-order valence-corrected chi connectivity index (χ2v) is 11.0. The fourth-order valence-corrected chi connectivity index (χ4v) is 6.11. The number of fused-ring (bicyclic) bond motifs is 1. The third kappa shape index (κ3) is 6.73. The SMILES string of the molecule is CCCCN(C(=O)CN1CC(c2ccc3c(c2)OCO3)C(C(=O)O)C1CC(C)CCC)c1cccc(CN)c1. The van der Waals surface area contributed by atoms with Crippen LogP contribution in [0.5, 0.6) is 11.5 Å². The lowest BCUT2D eigenvalue weighted by Crippen LogP contribution is -2.45. The average molecular weight is 538 g/mol. The largest absolute Gasteiger partial charge is 0.481 e. The van der Waals surface area contributed by atoms with E-state index in [0.29, 0.717) is 37.1 Å². The van der Waals surface area contributed by atoms with Crippen LogP contribution in [0.1, 0.15) is 69.9 Å². The molecule has 2 aromatic carbocycles. The van der Waals surface area contributed by atoms with Crippen LogP contribution in [0.3, 0.4) is 0 Å². The van der Waals surface area contributed by atoms with Crippen molar-refractivity contribution in [2.45, 2.75) is 71.4 Å². The molecule has 4 atom stereocenters. The van der Waals surface area contributed by atoms with Crippen molar-refractivity contribution in [3.63, 3.8) is 0 Å². The molecule has 2 aromatic rings. The third-order valence-corrected chi connectivity index (χ3v) is 8.12. The Morgan fingerprint density at radius 1 is 1.13 bits per heavy atom. The van der Waals surface area contributed by atoms with Crippen molar-refractivity contribution in [2.24, 2.45) is 17.6 Å². The summed E-state index contributed by atoms with van der Waals surface area (Å²) in [5.41, 5.74) is 8.61. The third-order valence-electron chi connectivity index (χ3n) is 8.12. The van der Waals surface area contributed by atoms with E-state index < -0.39 is 11.9 Å². The maximum Gasteiger partial charge on any atom is 0.308 e. The number of unbranched alkanes of at least 4 members (excludes halogenated alkanes) is 1. The zero-order valence-corrected chi connectivity index (χ0v) is 23.5. The molecule has 4 unspecified atom stereocenters. The number of carboxylic acid groups (broad SMARTS) is 1. The molecule has 2 aliphatic heterocycles. The highest BCUT2D eigenvalue weighted by atomic mass is 16.7. The number of hydrogen-bond donors (Lipinski definition) is 2. The van der Waals surface area contributed by atoms with E-state index in [0.717, 1.165) is 48.9 Å². The van der Waals surface area contributed by atoms with E-state index in [1.807, 2.05) is 47.4 Å². The van der Waals surface area contributed by atoms with Crippen LogP contribution in [0.25, 0.3) is 0 Å². The number of ether oxygens (including phenoxy) is 2. The standard InChI is InChI=1S/C31H43N3O5/c1-4-6-13-34(24-10-7-9-22(15-24)17-32)29(35)19-33-18-25(23-11-12-27-28(16-23)39-20-38-27)30(31(36)37)26(33)14-21(3)8-5-2/h7,9-12,15-16,21,25-26,30H,4-6,8,13-14,17-20,32H2,1-3H3,(H,36,37). The Morgan fingerprint density at radius 3 is 2.64 bits per heavy atom. The molecule has 3 N–H and O–H groups in total. The monoisotopic (exact) mass is 537 g/mol. The highest BCUT2D eigenvalue weighted by molar-refractivity contribution is 5.95. The van der Waals surface area contributed by atoms with Crippen LogP contribution in [0.15, 0.2) is 42.5 Å². The molecule has 1 amide bonds. The number of carboxylic acids is 1. The lowest BCUT2D eigenvalue weighted by Gasteiger charge is -2.31. The van der Waals surface area contributed by atoms with Crippen LogP contribution >= 0.6 is 0 Å². The van der Waals surface area contributed by atoms with Crippen LogP contribution in [0.4, 0.5) is 5.69 Å². The molecular weight excluding hydrogens is 494 g/mol. The summed E-state index contributed by atoms with van der Waals surface area (Å²) in [5, 5.41) is 10.5. The van der Waals surface area contributed by atoms with Gasteiger partial charge in [0.1, 0.15) is 0 Å². The number of rotatable bonds is 13. The molecule has 2 heterocycles. The molecule has 212 valence electrons. The van der Waals surface area contributed by atoms with Gasteiger partial charge in [0.2, 0.25) is 12.7 Å². The van der Waals surface area contributed by atoms with E-state index in [1.54, 1.807) is 0 Å². The van der Waals surface area contributed by atoms with Gasteiger partial charge in [-0.15, -0.1) is 0 Å². The molecule has 2 aliphatic rings. The van der Waals surface area contributed by atoms with E-state index in [2.05, 4.69) is 25.7 Å². The minimum absolute atomic E-state index is 0.0127. The molecule has 1 saturated heterocycles. The Labute approximate surface area is 232 Å². The topological polar surface area (TPSA) is 105 Å². The van der Waals surface area contributed by atoms with Crippen molar-refractivity contribution >= 4 is 17.6 Å². The van der Waals surface area contributed by atoms with Crippen molar-refractivity contribution in [1.29, 1.82) is 0 Å². The molecule has 0 bridgehead atoms. The average Bonchev–Trinajstić information content (AvgIpc) is 3.53. The molecule has 0 aromatic heterocycles. The summed E-state index contributed by atoms with van der Waals surface area (Å²) < 4.78 is 11.1. The number of amides is 1. The fourth-order valence-electron chi connectivity index (χ4n) is 6.11. The zero-order chi connectivity index (χ0) is 27.9. The lowest BCUT2D eigenvalue weighted by molar-refractivity contribution is -0.143. The molecule has 4 rings (SSSR count). The quantitative estimate of drug-likeness (QED) is 0.370. The van der Waals surface area contributed by atoms with Gasteiger partial charge in [-0.2, -0.15) is 0 Å². The van der Waals surface area contributed by atoms with Crippen molar-refractivity contribution in [2.75, 3.05) is 31.3 Å². The number of anilines is 1. The van der Waals surface area contributed by atoms with Gasteiger partial charge in [0, 0.05) is 37.3 Å². The molecule has 0 spiro atoms. The molecule has 39 heavy (non-hydrogen) atoms. The minimum Gasteiger partial charge on any atom is -0.481 e. The van der Waals surface area contributed by atoms with Gasteiger partial charge in [-0.25, -0.2) is 0 Å². The smallest absolute Gasteiger partial charge is 0.308 e. The Bertz CT molecular complexity index is 1140. The minimum atomic E-state index is -0.820. The van der Waals surface area contributed by atoms with Gasteiger partial charge in [0.15, 0.2) is 11.5 Å². The molecule has 0 radical (unpaired) electrons. The van der Waals surface area contributed by atoms with Gasteiger partial charge < -0.3 is 25.2 Å². The Hall–Kier alpha value is -3.10. The van der Waals surface area contributed by atoms with E-state index in [-0.39, 0.29) is 31.2 Å². The first-order chi connectivity index (χ1) is 18.9. The highest BCUT2D eigenvalue weighted by Crippen LogP contribution is 2.43. The van der Waals surface area contributed by atoms with E-state index >= 15 is 0 Å². The zero-order valence-electron chi connectivity index (χ0n) is 23.5. The summed E-state index contributed by atoms with van der Waals surface area (Å²) in [5.74, 6) is -0.0357. The fraction of sp³-hybridized carbons (Fsp3) is 0.548. The second kappa shape index (κ2) is 13.3. The van der Waals surface area contributed by atoms with E-state index in [1.165, 1.54) is 0 Å². The van der Waals surface area contributed by atoms with Crippen LogP contribution in [-0.4, -0.2) is 54.4 Å². The first-order valence-corrected chi connectivity index (χ1v) is 14.3. The van der Waals surface area contributed by atoms with Crippen molar-refractivity contribution < 1.29 is 24.2 Å². The molecule has 0 saturated carbocycles. The highest BCUT2D eigenvalue weighted by Gasteiger charge is 2.47. The maximum absolute atomic E-state index is 13.9. The number of benzene rings is 2. The van der Waals surface area contributed by atoms with Crippen LogP contribution in [0.2, 0.25) is 0 Å². The van der Waals surface area contributed by atoms with Crippen LogP contribution in [-0.2, 0) is 16.1 Å². The first kappa shape index (κ1) is 28.9. The Kier molecular flexibility index (Phi) is 9.86. The van der Waals surface area contributed by atoms with Gasteiger partial charge in [-0.3, -0.25) is 14.5 Å². The normalized spacial score (nSPS) is 21.2. The molecular formula is C31H43N3O5. The lowest BCUT2D eigenvalue weighted by atomic mass is 9.81. The summed E-state index contributed by atoms with van der Waals surface area (Å²) >= 11 is 0. The van der Waals surface area contributed by atoms with Gasteiger partial charge in [0.25, 0.3) is 0 Å². The number of nitrogens with two attached hydrogens (primary N) is 1. The summed E-state index contributed by atoms with van der Waals surface area (Å²) in [4.78, 5) is 30.6. The number of carbonyl (C=O) groups is 2.